The van der Waals surface area contributed by atoms with E-state index in [1.54, 1.807) is 5.38 Å². The second kappa shape index (κ2) is 6.74. The van der Waals surface area contributed by atoms with Crippen molar-refractivity contribution >= 4 is 27.0 Å². The van der Waals surface area contributed by atoms with Crippen LogP contribution in [0.2, 0.25) is 0 Å². The molecule has 0 bridgehead atoms. The number of thiazole rings is 1. The molecule has 26 heavy (non-hydrogen) atoms. The Morgan fingerprint density at radius 2 is 2.08 bits per heavy atom. The SMILES string of the molecule is COc1csc(-c2cc(S(=O)(=O)Nc3cc(F)c(C#N)cc3F)c[nH]2)n1. The van der Waals surface area contributed by atoms with Crippen molar-refractivity contribution in [2.75, 3.05) is 11.8 Å². The topological polar surface area (TPSA) is 108 Å². The molecule has 0 spiro atoms. The summed E-state index contributed by atoms with van der Waals surface area (Å²) in [4.78, 5) is 6.70. The molecule has 0 unspecified atom stereocenters. The minimum atomic E-state index is -4.18. The maximum absolute atomic E-state index is 13.9. The van der Waals surface area contributed by atoms with Crippen LogP contribution in [-0.4, -0.2) is 25.5 Å². The molecule has 0 aliphatic heterocycles. The number of rotatable bonds is 5. The van der Waals surface area contributed by atoms with E-state index in [4.69, 9.17) is 10.00 Å². The minimum Gasteiger partial charge on any atom is -0.480 e. The first kappa shape index (κ1) is 17.8. The lowest BCUT2D eigenvalue weighted by Crippen LogP contribution is -2.13. The van der Waals surface area contributed by atoms with Crippen LogP contribution in [0.1, 0.15) is 5.56 Å². The third-order valence-corrected chi connectivity index (χ3v) is 5.51. The van der Waals surface area contributed by atoms with Gasteiger partial charge in [0.05, 0.1) is 29.4 Å². The van der Waals surface area contributed by atoms with E-state index in [0.29, 0.717) is 28.7 Å². The molecule has 2 aromatic heterocycles. The number of sulfonamides is 1. The number of hydrogen-bond donors (Lipinski definition) is 2. The Morgan fingerprint density at radius 3 is 2.73 bits per heavy atom. The Balaban J connectivity index is 1.90. The fourth-order valence-corrected chi connectivity index (χ4v) is 3.84. The first-order chi connectivity index (χ1) is 12.3. The van der Waals surface area contributed by atoms with Crippen molar-refractivity contribution in [2.45, 2.75) is 4.90 Å². The number of nitrogens with zero attached hydrogens (tertiary/aromatic N) is 2. The van der Waals surface area contributed by atoms with Gasteiger partial charge in [-0.25, -0.2) is 22.2 Å². The summed E-state index contributed by atoms with van der Waals surface area (Å²) in [7, 11) is -2.73. The van der Waals surface area contributed by atoms with Gasteiger partial charge in [0, 0.05) is 12.3 Å². The number of ether oxygens (including phenoxy) is 1. The molecule has 2 N–H and O–H groups in total. The highest BCUT2D eigenvalue weighted by Crippen LogP contribution is 2.29. The van der Waals surface area contributed by atoms with Gasteiger partial charge in [-0.15, -0.1) is 11.3 Å². The van der Waals surface area contributed by atoms with Crippen molar-refractivity contribution in [2.24, 2.45) is 0 Å². The van der Waals surface area contributed by atoms with E-state index in [9.17, 15) is 17.2 Å². The molecule has 0 fully saturated rings. The summed E-state index contributed by atoms with van der Waals surface area (Å²) in [6.07, 6.45) is 1.20. The van der Waals surface area contributed by atoms with E-state index in [0.717, 1.165) is 0 Å². The van der Waals surface area contributed by atoms with E-state index in [1.165, 1.54) is 36.8 Å². The predicted molar refractivity (Wildman–Crippen MR) is 90.3 cm³/mol. The normalized spacial score (nSPS) is 11.2. The summed E-state index contributed by atoms with van der Waals surface area (Å²) < 4.78 is 59.2. The average Bonchev–Trinajstić information content (AvgIpc) is 3.26. The van der Waals surface area contributed by atoms with Crippen LogP contribution in [0.15, 0.2) is 34.7 Å². The molecule has 2 heterocycles. The summed E-state index contributed by atoms with van der Waals surface area (Å²) >= 11 is 1.24. The van der Waals surface area contributed by atoms with Crippen molar-refractivity contribution < 1.29 is 21.9 Å². The number of aromatic amines is 1. The van der Waals surface area contributed by atoms with Gasteiger partial charge >= 0.3 is 0 Å². The lowest BCUT2D eigenvalue weighted by Gasteiger charge is -2.08. The first-order valence-corrected chi connectivity index (χ1v) is 9.30. The monoisotopic (exact) mass is 396 g/mol. The van der Waals surface area contributed by atoms with Crippen molar-refractivity contribution in [3.8, 4) is 22.7 Å². The van der Waals surface area contributed by atoms with Gasteiger partial charge in [0.1, 0.15) is 27.6 Å². The van der Waals surface area contributed by atoms with Crippen LogP contribution in [0.25, 0.3) is 10.7 Å². The quantitative estimate of drug-likeness (QED) is 0.689. The lowest BCUT2D eigenvalue weighted by molar-refractivity contribution is 0.401. The van der Waals surface area contributed by atoms with Gasteiger partial charge in [-0.1, -0.05) is 0 Å². The second-order valence-electron chi connectivity index (χ2n) is 4.97. The van der Waals surface area contributed by atoms with Crippen LogP contribution in [-0.2, 0) is 10.0 Å². The highest BCUT2D eigenvalue weighted by atomic mass is 32.2. The molecule has 0 saturated heterocycles. The smallest absolute Gasteiger partial charge is 0.263 e. The van der Waals surface area contributed by atoms with Crippen LogP contribution in [0.3, 0.4) is 0 Å². The van der Waals surface area contributed by atoms with E-state index in [2.05, 4.69) is 9.97 Å². The van der Waals surface area contributed by atoms with E-state index >= 15 is 0 Å². The minimum absolute atomic E-state index is 0.189. The van der Waals surface area contributed by atoms with Crippen LogP contribution < -0.4 is 9.46 Å². The molecular formula is C15H10F2N4O3S2. The highest BCUT2D eigenvalue weighted by Gasteiger charge is 2.21. The van der Waals surface area contributed by atoms with Crippen molar-refractivity contribution in [1.29, 1.82) is 5.26 Å². The molecule has 0 aliphatic rings. The number of nitrogens with one attached hydrogen (secondary N) is 2. The molecule has 0 atom stereocenters. The van der Waals surface area contributed by atoms with Crippen molar-refractivity contribution in [1.82, 2.24) is 9.97 Å². The average molecular weight is 396 g/mol. The maximum atomic E-state index is 13.9. The van der Waals surface area contributed by atoms with Crippen LogP contribution in [0, 0.1) is 23.0 Å². The summed E-state index contributed by atoms with van der Waals surface area (Å²) in [5, 5.41) is 10.8. The molecule has 11 heteroatoms. The Kier molecular flexibility index (Phi) is 4.62. The molecule has 0 saturated carbocycles. The molecule has 134 valence electrons. The first-order valence-electron chi connectivity index (χ1n) is 6.94. The van der Waals surface area contributed by atoms with Crippen molar-refractivity contribution in [3.05, 3.63) is 47.0 Å². The zero-order chi connectivity index (χ0) is 18.9. The van der Waals surface area contributed by atoms with Gasteiger partial charge in [0.15, 0.2) is 0 Å². The lowest BCUT2D eigenvalue weighted by atomic mass is 10.2. The molecule has 0 aliphatic carbocycles. The highest BCUT2D eigenvalue weighted by molar-refractivity contribution is 7.92. The predicted octanol–water partition coefficient (Wildman–Crippen LogP) is 3.10. The van der Waals surface area contributed by atoms with Gasteiger partial charge in [0.25, 0.3) is 10.0 Å². The van der Waals surface area contributed by atoms with Crippen LogP contribution in [0.5, 0.6) is 5.88 Å². The largest absolute Gasteiger partial charge is 0.480 e. The number of methoxy groups -OCH3 is 1. The molecule has 1 aromatic carbocycles. The molecular weight excluding hydrogens is 386 g/mol. The van der Waals surface area contributed by atoms with Gasteiger partial charge in [0.2, 0.25) is 5.88 Å². The standard InChI is InChI=1S/C15H10F2N4O3S2/c1-24-14-7-25-15(20-14)13-3-9(6-19-13)26(22,23)21-12-4-10(16)8(5-18)2-11(12)17/h2-4,6-7,19,21H,1H3. The second-order valence-corrected chi connectivity index (χ2v) is 7.51. The molecule has 7 nitrogen and oxygen atoms in total. The summed E-state index contributed by atoms with van der Waals surface area (Å²) in [6, 6.07) is 4.02. The fraction of sp³-hybridized carbons (Fsp3) is 0.0667. The third-order valence-electron chi connectivity index (χ3n) is 3.31. The number of nitriles is 1. The van der Waals surface area contributed by atoms with E-state index < -0.39 is 32.9 Å². The van der Waals surface area contributed by atoms with Gasteiger partial charge < -0.3 is 9.72 Å². The number of anilines is 1. The summed E-state index contributed by atoms with van der Waals surface area (Å²) in [5.41, 5.74) is -0.697. The zero-order valence-electron chi connectivity index (χ0n) is 13.1. The summed E-state index contributed by atoms with van der Waals surface area (Å²) in [6.45, 7) is 0. The molecule has 3 aromatic rings. The van der Waals surface area contributed by atoms with Gasteiger partial charge in [-0.2, -0.15) is 5.26 Å². The molecule has 0 radical (unpaired) electrons. The number of aromatic nitrogens is 2. The number of benzene rings is 1. The van der Waals surface area contributed by atoms with E-state index in [1.807, 2.05) is 4.72 Å². The van der Waals surface area contributed by atoms with Crippen LogP contribution >= 0.6 is 11.3 Å². The zero-order valence-corrected chi connectivity index (χ0v) is 14.7. The Labute approximate surface area is 150 Å². The fourth-order valence-electron chi connectivity index (χ4n) is 2.04. The molecule has 0 amide bonds. The van der Waals surface area contributed by atoms with Crippen LogP contribution in [0.4, 0.5) is 14.5 Å². The van der Waals surface area contributed by atoms with E-state index in [-0.39, 0.29) is 4.90 Å². The number of H-pyrrole nitrogens is 1. The molecule has 3 rings (SSSR count). The Hall–Kier alpha value is -2.97. The van der Waals surface area contributed by atoms with Crippen molar-refractivity contribution in [3.63, 3.8) is 0 Å². The number of halogens is 2. The number of hydrogen-bond acceptors (Lipinski definition) is 6. The third kappa shape index (κ3) is 3.37. The Morgan fingerprint density at radius 1 is 1.31 bits per heavy atom. The summed E-state index contributed by atoms with van der Waals surface area (Å²) in [5.74, 6) is -1.71. The maximum Gasteiger partial charge on any atom is 0.263 e. The van der Waals surface area contributed by atoms with Gasteiger partial charge in [-0.3, -0.25) is 4.72 Å². The van der Waals surface area contributed by atoms with Gasteiger partial charge in [-0.05, 0) is 12.1 Å². The Bertz CT molecular complexity index is 1120.